The number of hydrogen-bond donors (Lipinski definition) is 0. The lowest BCUT2D eigenvalue weighted by molar-refractivity contribution is -0.125. The molecule has 0 radical (unpaired) electrons. The van der Waals surface area contributed by atoms with Crippen molar-refractivity contribution in [2.45, 2.75) is 50.6 Å². The Morgan fingerprint density at radius 3 is 2.47 bits per heavy atom. The molecular weight excluding hydrogens is 242 g/mol. The van der Waals surface area contributed by atoms with Crippen LogP contribution in [0.25, 0.3) is 0 Å². The molecule has 2 heterocycles. The molecule has 0 aromatic rings. The number of Topliss-reactive ketones (excluding diaryl/α,β-unsaturated/α-hetero) is 1. The maximum atomic E-state index is 12.2. The highest BCUT2D eigenvalue weighted by molar-refractivity contribution is 5.81. The number of carbonyl (C=O) groups excluding carboxylic acids is 1. The van der Waals surface area contributed by atoms with Crippen LogP contribution in [0.15, 0.2) is 0 Å². The monoisotopic (exact) mass is 269 g/mol. The zero-order chi connectivity index (χ0) is 13.7. The summed E-state index contributed by atoms with van der Waals surface area (Å²) in [5.74, 6) is 0.771. The molecule has 0 amide bonds. The van der Waals surface area contributed by atoms with Crippen LogP contribution < -0.4 is 0 Å². The first-order chi connectivity index (χ1) is 9.22. The minimum atomic E-state index is 0.313. The van der Waals surface area contributed by atoms with Gasteiger partial charge in [-0.15, -0.1) is 0 Å². The van der Waals surface area contributed by atoms with Gasteiger partial charge in [0.25, 0.3) is 0 Å². The molecule has 4 nitrogen and oxygen atoms in total. The summed E-state index contributed by atoms with van der Waals surface area (Å²) in [6, 6.07) is 1.32. The molecule has 2 aliphatic heterocycles. The minimum absolute atomic E-state index is 0.313. The third-order valence-electron chi connectivity index (χ3n) is 4.70. The predicted molar refractivity (Wildman–Crippen MR) is 74.2 cm³/mol. The molecule has 19 heavy (non-hydrogen) atoms. The highest BCUT2D eigenvalue weighted by atomic mass is 16.5. The molecule has 0 spiro atoms. The van der Waals surface area contributed by atoms with Gasteiger partial charge in [0.1, 0.15) is 5.78 Å². The summed E-state index contributed by atoms with van der Waals surface area (Å²) in [7, 11) is 3.88. The summed E-state index contributed by atoms with van der Waals surface area (Å²) in [6.45, 7) is 1.93. The van der Waals surface area contributed by atoms with Crippen LogP contribution in [0, 0.1) is 5.92 Å². The number of rotatable bonds is 8. The number of ether oxygens (including phenoxy) is 2. The third-order valence-corrected chi connectivity index (χ3v) is 4.70. The summed E-state index contributed by atoms with van der Waals surface area (Å²) >= 11 is 0. The van der Waals surface area contributed by atoms with Crippen LogP contribution in [-0.2, 0) is 14.3 Å². The van der Waals surface area contributed by atoms with E-state index < -0.39 is 0 Å². The van der Waals surface area contributed by atoms with Crippen LogP contribution >= 0.6 is 0 Å². The van der Waals surface area contributed by atoms with Crippen molar-refractivity contribution >= 4 is 5.78 Å². The van der Waals surface area contributed by atoms with E-state index in [2.05, 4.69) is 11.9 Å². The maximum absolute atomic E-state index is 12.2. The summed E-state index contributed by atoms with van der Waals surface area (Å²) in [6.07, 6.45) is 6.26. The molecule has 4 heteroatoms. The molecule has 2 fully saturated rings. The van der Waals surface area contributed by atoms with Gasteiger partial charge in [0.2, 0.25) is 0 Å². The Labute approximate surface area is 116 Å². The highest BCUT2D eigenvalue weighted by Crippen LogP contribution is 2.38. The van der Waals surface area contributed by atoms with Crippen molar-refractivity contribution in [3.63, 3.8) is 0 Å². The van der Waals surface area contributed by atoms with Crippen LogP contribution in [0.1, 0.15) is 38.5 Å². The standard InChI is InChI=1S/C15H27NO3/c1-16-13-5-6-14(16)11-12(10-13)15(17)4-3-7-19-9-8-18-2/h12-14H,3-11H2,1-2H3. The van der Waals surface area contributed by atoms with E-state index >= 15 is 0 Å². The summed E-state index contributed by atoms with van der Waals surface area (Å²) < 4.78 is 10.3. The van der Waals surface area contributed by atoms with Crippen molar-refractivity contribution in [1.82, 2.24) is 4.90 Å². The molecule has 2 unspecified atom stereocenters. The smallest absolute Gasteiger partial charge is 0.136 e. The third kappa shape index (κ3) is 4.01. The van der Waals surface area contributed by atoms with Crippen LogP contribution in [0.3, 0.4) is 0 Å². The number of piperidine rings is 1. The second-order valence-corrected chi connectivity index (χ2v) is 5.89. The maximum Gasteiger partial charge on any atom is 0.136 e. The fourth-order valence-electron chi connectivity index (χ4n) is 3.47. The van der Waals surface area contributed by atoms with Crippen molar-refractivity contribution in [1.29, 1.82) is 0 Å². The topological polar surface area (TPSA) is 38.8 Å². The number of methoxy groups -OCH3 is 1. The Bertz CT molecular complexity index is 281. The van der Waals surface area contributed by atoms with Gasteiger partial charge in [0.15, 0.2) is 0 Å². The van der Waals surface area contributed by atoms with Gasteiger partial charge in [-0.05, 0) is 39.2 Å². The summed E-state index contributed by atoms with van der Waals surface area (Å²) in [4.78, 5) is 14.7. The van der Waals surface area contributed by atoms with Crippen molar-refractivity contribution in [3.8, 4) is 0 Å². The van der Waals surface area contributed by atoms with Gasteiger partial charge in [-0.3, -0.25) is 4.79 Å². The molecule has 0 aliphatic carbocycles. The Hall–Kier alpha value is -0.450. The van der Waals surface area contributed by atoms with E-state index in [1.54, 1.807) is 7.11 Å². The van der Waals surface area contributed by atoms with Crippen molar-refractivity contribution in [3.05, 3.63) is 0 Å². The van der Waals surface area contributed by atoms with Gasteiger partial charge >= 0.3 is 0 Å². The zero-order valence-corrected chi connectivity index (χ0v) is 12.3. The molecule has 0 aromatic heterocycles. The lowest BCUT2D eigenvalue weighted by Gasteiger charge is -2.35. The fraction of sp³-hybridized carbons (Fsp3) is 0.933. The molecule has 0 saturated carbocycles. The minimum Gasteiger partial charge on any atom is -0.382 e. The van der Waals surface area contributed by atoms with E-state index in [1.807, 2.05) is 0 Å². The van der Waals surface area contributed by atoms with Gasteiger partial charge in [-0.25, -0.2) is 0 Å². The molecule has 110 valence electrons. The first-order valence-corrected chi connectivity index (χ1v) is 7.53. The highest BCUT2D eigenvalue weighted by Gasteiger charge is 2.40. The second kappa shape index (κ2) is 7.36. The van der Waals surface area contributed by atoms with Gasteiger partial charge < -0.3 is 14.4 Å². The average Bonchev–Trinajstić information content (AvgIpc) is 2.65. The molecule has 2 atom stereocenters. The Morgan fingerprint density at radius 2 is 1.84 bits per heavy atom. The molecule has 2 aliphatic rings. The molecular formula is C15H27NO3. The Morgan fingerprint density at radius 1 is 1.16 bits per heavy atom. The zero-order valence-electron chi connectivity index (χ0n) is 12.3. The number of fused-ring (bicyclic) bond motifs is 2. The van der Waals surface area contributed by atoms with Gasteiger partial charge in [0, 0.05) is 38.1 Å². The van der Waals surface area contributed by atoms with E-state index in [-0.39, 0.29) is 0 Å². The Kier molecular flexibility index (Phi) is 5.79. The van der Waals surface area contributed by atoms with E-state index in [0.29, 0.717) is 50.0 Å². The van der Waals surface area contributed by atoms with Gasteiger partial charge in [-0.2, -0.15) is 0 Å². The SMILES string of the molecule is COCCOCCCC(=O)C1CC2CCC(C1)N2C. The van der Waals surface area contributed by atoms with E-state index in [1.165, 1.54) is 12.8 Å². The van der Waals surface area contributed by atoms with Crippen molar-refractivity contribution in [2.24, 2.45) is 5.92 Å². The van der Waals surface area contributed by atoms with Gasteiger partial charge in [-0.1, -0.05) is 0 Å². The number of hydrogen-bond acceptors (Lipinski definition) is 4. The van der Waals surface area contributed by atoms with E-state index in [9.17, 15) is 4.79 Å². The van der Waals surface area contributed by atoms with Crippen LogP contribution in [0.5, 0.6) is 0 Å². The van der Waals surface area contributed by atoms with E-state index in [4.69, 9.17) is 9.47 Å². The van der Waals surface area contributed by atoms with E-state index in [0.717, 1.165) is 19.3 Å². The number of ketones is 1. The fourth-order valence-corrected chi connectivity index (χ4v) is 3.47. The quantitative estimate of drug-likeness (QED) is 0.631. The van der Waals surface area contributed by atoms with Crippen molar-refractivity contribution < 1.29 is 14.3 Å². The second-order valence-electron chi connectivity index (χ2n) is 5.89. The first-order valence-electron chi connectivity index (χ1n) is 7.53. The predicted octanol–water partition coefficient (Wildman–Crippen LogP) is 1.87. The average molecular weight is 269 g/mol. The van der Waals surface area contributed by atoms with Gasteiger partial charge in [0.05, 0.1) is 13.2 Å². The van der Waals surface area contributed by atoms with Crippen LogP contribution in [-0.4, -0.2) is 56.7 Å². The molecule has 0 N–H and O–H groups in total. The van der Waals surface area contributed by atoms with Crippen LogP contribution in [0.2, 0.25) is 0 Å². The lowest BCUT2D eigenvalue weighted by atomic mass is 9.86. The van der Waals surface area contributed by atoms with Crippen LogP contribution in [0.4, 0.5) is 0 Å². The molecule has 2 saturated heterocycles. The normalized spacial score (nSPS) is 30.7. The molecule has 0 aromatic carbocycles. The summed E-state index contributed by atoms with van der Waals surface area (Å²) in [5.41, 5.74) is 0. The Balaban J connectivity index is 1.62. The number of nitrogens with zero attached hydrogens (tertiary/aromatic N) is 1. The lowest BCUT2D eigenvalue weighted by Crippen LogP contribution is -2.42. The molecule has 2 bridgehead atoms. The first kappa shape index (κ1) is 14.9. The number of carbonyl (C=O) groups is 1. The summed E-state index contributed by atoms with van der Waals surface area (Å²) in [5, 5.41) is 0. The molecule has 2 rings (SSSR count). The van der Waals surface area contributed by atoms with Crippen molar-refractivity contribution in [2.75, 3.05) is 34.0 Å². The largest absolute Gasteiger partial charge is 0.382 e.